The second-order valence-electron chi connectivity index (χ2n) is 5.55. The summed E-state index contributed by atoms with van der Waals surface area (Å²) in [4.78, 5) is 12.4. The highest BCUT2D eigenvalue weighted by molar-refractivity contribution is 5.92. The smallest absolute Gasteiger partial charge is 0.228 e. The molecule has 1 aliphatic heterocycles. The van der Waals surface area contributed by atoms with Crippen molar-refractivity contribution in [3.63, 3.8) is 0 Å². The summed E-state index contributed by atoms with van der Waals surface area (Å²) in [5.41, 5.74) is 2.17. The van der Waals surface area contributed by atoms with Crippen LogP contribution in [0.25, 0.3) is 0 Å². The molecule has 1 fully saturated rings. The van der Waals surface area contributed by atoms with Gasteiger partial charge < -0.3 is 10.6 Å². The first kappa shape index (κ1) is 19.7. The normalized spacial score (nSPS) is 19.2. The number of carbonyl (C=O) groups excluding carboxylic acids is 1. The number of anilines is 1. The second-order valence-corrected chi connectivity index (χ2v) is 5.55. The number of hydrogen-bond acceptors (Lipinski definition) is 2. The maximum absolute atomic E-state index is 12.4. The molecule has 1 saturated heterocycles. The average Bonchev–Trinajstić information content (AvgIpc) is 2.65. The number of para-hydroxylation sites is 1. The molecule has 0 aromatic heterocycles. The zero-order valence-corrected chi connectivity index (χ0v) is 13.4. The lowest BCUT2D eigenvalue weighted by molar-refractivity contribution is -0.120. The van der Waals surface area contributed by atoms with Crippen LogP contribution in [0.3, 0.4) is 0 Å². The molecule has 0 bridgehead atoms. The van der Waals surface area contributed by atoms with Gasteiger partial charge in [-0.25, -0.2) is 0 Å². The molecule has 2 aromatic carbocycles. The summed E-state index contributed by atoms with van der Waals surface area (Å²) in [5, 5.41) is 6.39. The lowest BCUT2D eigenvalue weighted by Gasteiger charge is -2.29. The van der Waals surface area contributed by atoms with Crippen molar-refractivity contribution in [3.8, 4) is 0 Å². The minimum Gasteiger partial charge on any atom is -0.326 e. The molecule has 3 nitrogen and oxygen atoms in total. The van der Waals surface area contributed by atoms with Crippen molar-refractivity contribution in [3.05, 3.63) is 79.4 Å². The van der Waals surface area contributed by atoms with E-state index in [9.17, 15) is 4.79 Å². The Kier molecular flexibility index (Phi) is 8.52. The van der Waals surface area contributed by atoms with Crippen LogP contribution < -0.4 is 10.6 Å². The molecule has 2 N–H and O–H groups in total. The Labute approximate surface area is 147 Å². The molecule has 0 saturated carbocycles. The fourth-order valence-electron chi connectivity index (χ4n) is 2.89. The van der Waals surface area contributed by atoms with Crippen molar-refractivity contribution in [1.82, 2.24) is 5.32 Å². The van der Waals surface area contributed by atoms with E-state index in [1.165, 1.54) is 5.56 Å². The second kappa shape index (κ2) is 10.4. The number of piperidine rings is 1. The Morgan fingerprint density at radius 2 is 1.58 bits per heavy atom. The topological polar surface area (TPSA) is 41.1 Å². The molecule has 3 heteroatoms. The molecule has 0 radical (unpaired) electrons. The Balaban J connectivity index is 0.00000139. The van der Waals surface area contributed by atoms with Crippen LogP contribution in [0.15, 0.2) is 73.8 Å². The first-order chi connectivity index (χ1) is 11.3. The first-order valence-corrected chi connectivity index (χ1v) is 7.94. The molecule has 130 valence electrons. The van der Waals surface area contributed by atoms with Crippen LogP contribution in [-0.4, -0.2) is 19.0 Å². The lowest BCUT2D eigenvalue weighted by Crippen LogP contribution is -2.40. The van der Waals surface area contributed by atoms with Gasteiger partial charge in [-0.2, -0.15) is 0 Å². The number of amides is 1. The largest absolute Gasteiger partial charge is 0.326 e. The third kappa shape index (κ3) is 5.36. The van der Waals surface area contributed by atoms with E-state index in [0.717, 1.165) is 25.2 Å². The van der Waals surface area contributed by atoms with E-state index in [2.05, 4.69) is 48.1 Å². The number of rotatable bonds is 3. The van der Waals surface area contributed by atoms with Crippen molar-refractivity contribution in [2.24, 2.45) is 5.92 Å². The zero-order chi connectivity index (χ0) is 16.5. The first-order valence-electron chi connectivity index (χ1n) is 7.94. The van der Waals surface area contributed by atoms with Crippen LogP contribution in [0.5, 0.6) is 0 Å². The monoisotopic (exact) mass is 326 g/mol. The molecular formula is C21H30N2O. The summed E-state index contributed by atoms with van der Waals surface area (Å²) in [5.74, 6) is 0.532. The molecule has 2 aromatic rings. The SMILES string of the molecule is C.C=C.O=C(Nc1ccccc1)C1CNCC(c2ccccc2)C1.[HH]. The van der Waals surface area contributed by atoms with Gasteiger partial charge in [0.25, 0.3) is 0 Å². The highest BCUT2D eigenvalue weighted by Crippen LogP contribution is 2.27. The van der Waals surface area contributed by atoms with Crippen molar-refractivity contribution in [1.29, 1.82) is 0 Å². The van der Waals surface area contributed by atoms with Crippen LogP contribution >= 0.6 is 0 Å². The van der Waals surface area contributed by atoms with Gasteiger partial charge in [0.1, 0.15) is 0 Å². The molecule has 0 aliphatic carbocycles. The molecule has 1 heterocycles. The molecule has 3 rings (SSSR count). The molecule has 1 aliphatic rings. The van der Waals surface area contributed by atoms with Gasteiger partial charge in [0.15, 0.2) is 0 Å². The van der Waals surface area contributed by atoms with E-state index < -0.39 is 0 Å². The van der Waals surface area contributed by atoms with Gasteiger partial charge in [0, 0.05) is 20.2 Å². The maximum atomic E-state index is 12.4. The summed E-state index contributed by atoms with van der Waals surface area (Å²) in [6, 6.07) is 20.1. The van der Waals surface area contributed by atoms with E-state index in [4.69, 9.17) is 0 Å². The third-order valence-electron chi connectivity index (χ3n) is 4.03. The van der Waals surface area contributed by atoms with Crippen molar-refractivity contribution in [2.75, 3.05) is 18.4 Å². The van der Waals surface area contributed by atoms with E-state index in [1.807, 2.05) is 36.4 Å². The standard InChI is InChI=1S/C18H20N2O.C2H4.CH4.H2/c21-18(20-17-9-5-2-6-10-17)16-11-15(12-19-13-16)14-7-3-1-4-8-14;1-2;;/h1-10,15-16,19H,11-13H2,(H,20,21);1-2H2;1H4;1H. The lowest BCUT2D eigenvalue weighted by atomic mass is 9.85. The van der Waals surface area contributed by atoms with Gasteiger partial charge in [-0.1, -0.05) is 56.0 Å². The van der Waals surface area contributed by atoms with E-state index >= 15 is 0 Å². The number of nitrogens with one attached hydrogen (secondary N) is 2. The molecule has 24 heavy (non-hydrogen) atoms. The molecule has 2 atom stereocenters. The van der Waals surface area contributed by atoms with Gasteiger partial charge in [-0.05, 0) is 30.0 Å². The number of benzene rings is 2. The van der Waals surface area contributed by atoms with Crippen molar-refractivity contribution >= 4 is 11.6 Å². The van der Waals surface area contributed by atoms with Gasteiger partial charge in [0.05, 0.1) is 5.92 Å². The molecule has 2 unspecified atom stereocenters. The number of carbonyl (C=O) groups is 1. The highest BCUT2D eigenvalue weighted by Gasteiger charge is 2.27. The molecule has 1 amide bonds. The molecular weight excluding hydrogens is 296 g/mol. The van der Waals surface area contributed by atoms with Crippen LogP contribution in [0, 0.1) is 5.92 Å². The van der Waals surface area contributed by atoms with Gasteiger partial charge >= 0.3 is 0 Å². The maximum Gasteiger partial charge on any atom is 0.228 e. The summed E-state index contributed by atoms with van der Waals surface area (Å²) in [7, 11) is 0. The third-order valence-corrected chi connectivity index (χ3v) is 4.03. The Morgan fingerprint density at radius 3 is 2.21 bits per heavy atom. The molecule has 0 spiro atoms. The van der Waals surface area contributed by atoms with E-state index in [-0.39, 0.29) is 20.7 Å². The summed E-state index contributed by atoms with van der Waals surface area (Å²) in [6.07, 6.45) is 0.898. The van der Waals surface area contributed by atoms with Gasteiger partial charge in [0.2, 0.25) is 5.91 Å². The fourth-order valence-corrected chi connectivity index (χ4v) is 2.89. The quantitative estimate of drug-likeness (QED) is 0.803. The highest BCUT2D eigenvalue weighted by atomic mass is 16.1. The van der Waals surface area contributed by atoms with Crippen molar-refractivity contribution in [2.45, 2.75) is 19.8 Å². The Hall–Kier alpha value is -2.39. The number of hydrogen-bond donors (Lipinski definition) is 2. The summed E-state index contributed by atoms with van der Waals surface area (Å²) >= 11 is 0. The van der Waals surface area contributed by atoms with E-state index in [1.54, 1.807) is 0 Å². The van der Waals surface area contributed by atoms with Crippen LogP contribution in [0.2, 0.25) is 0 Å². The Morgan fingerprint density at radius 1 is 1.00 bits per heavy atom. The Bertz CT molecular complexity index is 604. The predicted octanol–water partition coefficient (Wildman–Crippen LogP) is 4.70. The summed E-state index contributed by atoms with van der Waals surface area (Å²) in [6.45, 7) is 7.70. The van der Waals surface area contributed by atoms with Gasteiger partial charge in [-0.3, -0.25) is 4.79 Å². The minimum absolute atomic E-state index is 0. The predicted molar refractivity (Wildman–Crippen MR) is 105 cm³/mol. The van der Waals surface area contributed by atoms with Crippen LogP contribution in [0.4, 0.5) is 5.69 Å². The van der Waals surface area contributed by atoms with Crippen LogP contribution in [-0.2, 0) is 4.79 Å². The minimum atomic E-state index is 0. The van der Waals surface area contributed by atoms with E-state index in [0.29, 0.717) is 5.92 Å². The summed E-state index contributed by atoms with van der Waals surface area (Å²) < 4.78 is 0. The van der Waals surface area contributed by atoms with Crippen LogP contribution in [0.1, 0.15) is 26.8 Å². The zero-order valence-electron chi connectivity index (χ0n) is 13.4. The van der Waals surface area contributed by atoms with Crippen molar-refractivity contribution < 1.29 is 6.22 Å². The van der Waals surface area contributed by atoms with Gasteiger partial charge in [-0.15, -0.1) is 13.2 Å². The average molecular weight is 326 g/mol. The fraction of sp³-hybridized carbons (Fsp3) is 0.286.